The van der Waals surface area contributed by atoms with Crippen molar-refractivity contribution in [1.29, 1.82) is 0 Å². The van der Waals surface area contributed by atoms with Crippen LogP contribution in [0.5, 0.6) is 5.75 Å². The Morgan fingerprint density at radius 3 is 2.21 bits per heavy atom. The molecular formula is C30H20F3N3O3. The number of alkyl halides is 3. The number of rotatable bonds is 6. The second-order valence-corrected chi connectivity index (χ2v) is 8.46. The predicted octanol–water partition coefficient (Wildman–Crippen LogP) is 6.84. The van der Waals surface area contributed by atoms with E-state index in [2.05, 4.69) is 15.5 Å². The summed E-state index contributed by atoms with van der Waals surface area (Å²) in [6, 6.07) is 27.5. The molecule has 1 aromatic heterocycles. The van der Waals surface area contributed by atoms with Crippen molar-refractivity contribution in [3.63, 3.8) is 0 Å². The smallest absolute Gasteiger partial charge is 0.418 e. The number of hydrogen-bond acceptors (Lipinski definition) is 4. The Bertz CT molecular complexity index is 1680. The number of halogens is 3. The van der Waals surface area contributed by atoms with Crippen LogP contribution in [0.4, 0.5) is 13.2 Å². The van der Waals surface area contributed by atoms with Crippen molar-refractivity contribution in [2.75, 3.05) is 0 Å². The average molecular weight is 528 g/mol. The molecule has 1 heterocycles. The Balaban J connectivity index is 1.45. The molecule has 0 bridgehead atoms. The Kier molecular flexibility index (Phi) is 6.96. The lowest BCUT2D eigenvalue weighted by molar-refractivity contribution is -0.136. The molecular weight excluding hydrogens is 507 g/mol. The van der Waals surface area contributed by atoms with Gasteiger partial charge in [0.2, 0.25) is 0 Å². The summed E-state index contributed by atoms with van der Waals surface area (Å²) >= 11 is 0. The number of aromatic amines is 1. The first-order valence-electron chi connectivity index (χ1n) is 11.8. The zero-order valence-electron chi connectivity index (χ0n) is 20.2. The fraction of sp³-hybridized carbons (Fsp3) is 0.0333. The van der Waals surface area contributed by atoms with Gasteiger partial charge in [-0.05, 0) is 35.9 Å². The first kappa shape index (κ1) is 25.5. The van der Waals surface area contributed by atoms with Crippen LogP contribution >= 0.6 is 0 Å². The maximum absolute atomic E-state index is 13.7. The van der Waals surface area contributed by atoms with Crippen LogP contribution < -0.4 is 10.2 Å². The molecule has 5 rings (SSSR count). The average Bonchev–Trinajstić information content (AvgIpc) is 3.34. The summed E-state index contributed by atoms with van der Waals surface area (Å²) in [5.41, 5.74) is 2.87. The molecule has 1 amide bonds. The van der Waals surface area contributed by atoms with Crippen molar-refractivity contribution in [2.24, 2.45) is 5.10 Å². The standard InChI is InChI=1S/C30H20F3N3O3/c31-30(32,33)23-16-9-15-22-25(19-10-3-1-4-11-19)27(35-26(22)23)28(37)36-34-18-21-14-7-8-17-24(21)39-29(38)20-12-5-2-6-13-20/h1-18,35H,(H,36,37). The molecule has 39 heavy (non-hydrogen) atoms. The van der Waals surface area contributed by atoms with Crippen molar-refractivity contribution in [1.82, 2.24) is 10.4 Å². The third-order valence-corrected chi connectivity index (χ3v) is 5.93. The molecule has 0 unspecified atom stereocenters. The zero-order chi connectivity index (χ0) is 27.4. The number of H-pyrrole nitrogens is 1. The van der Waals surface area contributed by atoms with E-state index in [1.807, 2.05) is 0 Å². The minimum absolute atomic E-state index is 0.0751. The summed E-state index contributed by atoms with van der Waals surface area (Å²) in [4.78, 5) is 28.3. The zero-order valence-corrected chi connectivity index (χ0v) is 20.2. The van der Waals surface area contributed by atoms with Crippen LogP contribution in [0.15, 0.2) is 108 Å². The molecule has 2 N–H and O–H groups in total. The Hall–Kier alpha value is -5.18. The lowest BCUT2D eigenvalue weighted by Crippen LogP contribution is -2.19. The molecule has 0 radical (unpaired) electrons. The summed E-state index contributed by atoms with van der Waals surface area (Å²) in [7, 11) is 0. The molecule has 6 nitrogen and oxygen atoms in total. The number of fused-ring (bicyclic) bond motifs is 1. The van der Waals surface area contributed by atoms with Gasteiger partial charge in [0.1, 0.15) is 11.4 Å². The number of aromatic nitrogens is 1. The van der Waals surface area contributed by atoms with Crippen molar-refractivity contribution in [2.45, 2.75) is 6.18 Å². The maximum Gasteiger partial charge on any atom is 0.418 e. The summed E-state index contributed by atoms with van der Waals surface area (Å²) in [6.07, 6.45) is -3.33. The number of nitrogens with one attached hydrogen (secondary N) is 2. The number of hydrogen-bond donors (Lipinski definition) is 2. The van der Waals surface area contributed by atoms with Crippen LogP contribution in [-0.2, 0) is 6.18 Å². The van der Waals surface area contributed by atoms with Gasteiger partial charge in [0.15, 0.2) is 0 Å². The molecule has 0 spiro atoms. The Labute approximate surface area is 220 Å². The molecule has 9 heteroatoms. The van der Waals surface area contributed by atoms with E-state index in [1.54, 1.807) is 84.9 Å². The summed E-state index contributed by atoms with van der Waals surface area (Å²) < 4.78 is 46.6. The van der Waals surface area contributed by atoms with Crippen LogP contribution in [0.2, 0.25) is 0 Å². The van der Waals surface area contributed by atoms with Crippen LogP contribution in [0.1, 0.15) is 32.0 Å². The van der Waals surface area contributed by atoms with Gasteiger partial charge < -0.3 is 9.72 Å². The molecule has 194 valence electrons. The molecule has 0 aliphatic carbocycles. The van der Waals surface area contributed by atoms with Gasteiger partial charge in [0.05, 0.1) is 22.9 Å². The van der Waals surface area contributed by atoms with Gasteiger partial charge in [0.25, 0.3) is 5.91 Å². The predicted molar refractivity (Wildman–Crippen MR) is 142 cm³/mol. The van der Waals surface area contributed by atoms with Gasteiger partial charge in [-0.25, -0.2) is 10.2 Å². The third-order valence-electron chi connectivity index (χ3n) is 5.93. The van der Waals surface area contributed by atoms with E-state index in [1.165, 1.54) is 18.3 Å². The van der Waals surface area contributed by atoms with Crippen molar-refractivity contribution >= 4 is 29.0 Å². The molecule has 0 aliphatic rings. The molecule has 0 saturated carbocycles. The SMILES string of the molecule is O=C(Oc1ccccc1C=NNC(=O)c1[nH]c2c(C(F)(F)F)cccc2c1-c1ccccc1)c1ccccc1. The Morgan fingerprint density at radius 2 is 1.49 bits per heavy atom. The number of amides is 1. The maximum atomic E-state index is 13.7. The van der Waals surface area contributed by atoms with Gasteiger partial charge in [-0.2, -0.15) is 18.3 Å². The Morgan fingerprint density at radius 1 is 0.821 bits per heavy atom. The molecule has 0 fully saturated rings. The van der Waals surface area contributed by atoms with E-state index in [9.17, 15) is 22.8 Å². The first-order valence-corrected chi connectivity index (χ1v) is 11.8. The number of carbonyl (C=O) groups excluding carboxylic acids is 2. The fourth-order valence-corrected chi connectivity index (χ4v) is 4.16. The summed E-state index contributed by atoms with van der Waals surface area (Å²) in [5.74, 6) is -1.09. The van der Waals surface area contributed by atoms with Crippen LogP contribution in [0, 0.1) is 0 Å². The summed E-state index contributed by atoms with van der Waals surface area (Å²) in [5, 5.41) is 4.23. The third kappa shape index (κ3) is 5.42. The fourth-order valence-electron chi connectivity index (χ4n) is 4.16. The topological polar surface area (TPSA) is 83.5 Å². The van der Waals surface area contributed by atoms with Crippen LogP contribution in [0.25, 0.3) is 22.0 Å². The number of ether oxygens (including phenoxy) is 1. The number of esters is 1. The highest BCUT2D eigenvalue weighted by atomic mass is 19.4. The minimum Gasteiger partial charge on any atom is -0.422 e. The van der Waals surface area contributed by atoms with E-state index in [-0.39, 0.29) is 22.3 Å². The van der Waals surface area contributed by atoms with Crippen molar-refractivity contribution in [3.8, 4) is 16.9 Å². The lowest BCUT2D eigenvalue weighted by Gasteiger charge is -2.08. The van der Waals surface area contributed by atoms with Crippen LogP contribution in [0.3, 0.4) is 0 Å². The van der Waals surface area contributed by atoms with E-state index < -0.39 is 23.6 Å². The number of para-hydroxylation sites is 2. The highest BCUT2D eigenvalue weighted by Gasteiger charge is 2.34. The second kappa shape index (κ2) is 10.7. The molecule has 5 aromatic rings. The van der Waals surface area contributed by atoms with E-state index in [4.69, 9.17) is 4.74 Å². The minimum atomic E-state index is -4.62. The van der Waals surface area contributed by atoms with Gasteiger partial charge in [0, 0.05) is 16.5 Å². The number of benzene rings is 4. The first-order chi connectivity index (χ1) is 18.8. The van der Waals surface area contributed by atoms with E-state index in [0.717, 1.165) is 6.07 Å². The molecule has 0 aliphatic heterocycles. The monoisotopic (exact) mass is 527 g/mol. The van der Waals surface area contributed by atoms with Crippen molar-refractivity contribution < 1.29 is 27.5 Å². The number of carbonyl (C=O) groups is 2. The molecule has 0 saturated heterocycles. The summed E-state index contributed by atoms with van der Waals surface area (Å²) in [6.45, 7) is 0. The van der Waals surface area contributed by atoms with Gasteiger partial charge in [-0.1, -0.05) is 72.8 Å². The van der Waals surface area contributed by atoms with Gasteiger partial charge in [-0.15, -0.1) is 0 Å². The largest absolute Gasteiger partial charge is 0.422 e. The molecule has 4 aromatic carbocycles. The highest BCUT2D eigenvalue weighted by molar-refractivity contribution is 6.10. The number of hydrazone groups is 1. The number of nitrogens with zero attached hydrogens (tertiary/aromatic N) is 1. The highest BCUT2D eigenvalue weighted by Crippen LogP contribution is 2.39. The second-order valence-electron chi connectivity index (χ2n) is 8.46. The normalized spacial score (nSPS) is 11.6. The quantitative estimate of drug-likeness (QED) is 0.110. The van der Waals surface area contributed by atoms with E-state index >= 15 is 0 Å². The van der Waals surface area contributed by atoms with Crippen molar-refractivity contribution in [3.05, 3.63) is 126 Å². The van der Waals surface area contributed by atoms with Gasteiger partial charge >= 0.3 is 12.1 Å². The van der Waals surface area contributed by atoms with Crippen LogP contribution in [-0.4, -0.2) is 23.1 Å². The van der Waals surface area contributed by atoms with Gasteiger partial charge in [-0.3, -0.25) is 4.79 Å². The van der Waals surface area contributed by atoms with E-state index in [0.29, 0.717) is 22.3 Å². The lowest BCUT2D eigenvalue weighted by atomic mass is 10.0. The molecule has 0 atom stereocenters.